The average Bonchev–Trinajstić information content (AvgIpc) is 2.17. The van der Waals surface area contributed by atoms with E-state index in [0.29, 0.717) is 23.4 Å². The van der Waals surface area contributed by atoms with E-state index in [2.05, 4.69) is 0 Å². The third-order valence-corrected chi connectivity index (χ3v) is 2.08. The highest BCUT2D eigenvalue weighted by atomic mass is 35.5. The van der Waals surface area contributed by atoms with Gasteiger partial charge >= 0.3 is 5.97 Å². The maximum Gasteiger partial charge on any atom is 0.327 e. The van der Waals surface area contributed by atoms with Gasteiger partial charge < -0.3 is 5.11 Å². The average molecular weight is 229 g/mol. The molecule has 1 aromatic rings. The summed E-state index contributed by atoms with van der Waals surface area (Å²) in [7, 11) is 0. The molecule has 0 aliphatic heterocycles. The van der Waals surface area contributed by atoms with Gasteiger partial charge in [-0.05, 0) is 36.6 Å². The third-order valence-electron chi connectivity index (χ3n) is 1.85. The van der Waals surface area contributed by atoms with E-state index in [0.717, 1.165) is 6.08 Å². The summed E-state index contributed by atoms with van der Waals surface area (Å²) in [5, 5.41) is 8.81. The van der Waals surface area contributed by atoms with Crippen LogP contribution in [0, 0.1) is 5.82 Å². The Kier molecular flexibility index (Phi) is 4.31. The van der Waals surface area contributed by atoms with E-state index in [1.54, 1.807) is 6.07 Å². The molecule has 0 atom stereocenters. The minimum absolute atomic E-state index is 0.317. The highest BCUT2D eigenvalue weighted by Gasteiger charge is 2.01. The fraction of sp³-hybridized carbons (Fsp3) is 0.182. The number of hydrogen-bond acceptors (Lipinski definition) is 1. The lowest BCUT2D eigenvalue weighted by molar-refractivity contribution is -0.131. The summed E-state index contributed by atoms with van der Waals surface area (Å²) in [5.41, 5.74) is 0.498. The zero-order valence-electron chi connectivity index (χ0n) is 7.91. The largest absolute Gasteiger partial charge is 0.478 e. The minimum Gasteiger partial charge on any atom is -0.478 e. The topological polar surface area (TPSA) is 37.3 Å². The van der Waals surface area contributed by atoms with Crippen LogP contribution in [0.1, 0.15) is 12.0 Å². The molecule has 0 bridgehead atoms. The normalized spacial score (nSPS) is 10.8. The van der Waals surface area contributed by atoms with Crippen molar-refractivity contribution in [2.24, 2.45) is 0 Å². The van der Waals surface area contributed by atoms with Crippen LogP contribution in [0.25, 0.3) is 0 Å². The fourth-order valence-electron chi connectivity index (χ4n) is 1.16. The Bertz CT molecular complexity index is 388. The van der Waals surface area contributed by atoms with Crippen LogP contribution in [-0.2, 0) is 11.2 Å². The maximum atomic E-state index is 13.2. The van der Waals surface area contributed by atoms with Crippen molar-refractivity contribution in [3.8, 4) is 0 Å². The molecule has 0 aliphatic rings. The number of carbonyl (C=O) groups is 1. The molecule has 0 saturated carbocycles. The Balaban J connectivity index is 2.57. The second-order valence-electron chi connectivity index (χ2n) is 3.02. The van der Waals surface area contributed by atoms with Crippen molar-refractivity contribution in [2.45, 2.75) is 12.8 Å². The molecule has 0 radical (unpaired) electrons. The standard InChI is InChI=1S/C11H10ClFO2/c12-9-5-6-10(13)8(7-9)3-1-2-4-11(14)15/h2,4-7H,1,3H2,(H,14,15)/b4-2+. The number of aryl methyl sites for hydroxylation is 1. The van der Waals surface area contributed by atoms with Crippen molar-refractivity contribution >= 4 is 17.6 Å². The number of halogens is 2. The highest BCUT2D eigenvalue weighted by Crippen LogP contribution is 2.16. The second kappa shape index (κ2) is 5.51. The van der Waals surface area contributed by atoms with Crippen LogP contribution in [0.3, 0.4) is 0 Å². The van der Waals surface area contributed by atoms with E-state index in [4.69, 9.17) is 16.7 Å². The summed E-state index contributed by atoms with van der Waals surface area (Å²) in [5.74, 6) is -1.32. The molecule has 0 saturated heterocycles. The van der Waals surface area contributed by atoms with Gasteiger partial charge in [-0.3, -0.25) is 0 Å². The maximum absolute atomic E-state index is 13.2. The van der Waals surface area contributed by atoms with E-state index >= 15 is 0 Å². The van der Waals surface area contributed by atoms with Crippen LogP contribution >= 0.6 is 11.6 Å². The Morgan fingerprint density at radius 2 is 2.27 bits per heavy atom. The smallest absolute Gasteiger partial charge is 0.327 e. The first kappa shape index (κ1) is 11.7. The van der Waals surface area contributed by atoms with Gasteiger partial charge in [-0.2, -0.15) is 0 Å². The van der Waals surface area contributed by atoms with Crippen molar-refractivity contribution in [3.05, 3.63) is 46.8 Å². The van der Waals surface area contributed by atoms with Gasteiger partial charge in [0.2, 0.25) is 0 Å². The minimum atomic E-state index is -0.999. The first-order valence-electron chi connectivity index (χ1n) is 4.43. The van der Waals surface area contributed by atoms with E-state index < -0.39 is 5.97 Å². The van der Waals surface area contributed by atoms with Crippen LogP contribution in [0.15, 0.2) is 30.4 Å². The first-order valence-corrected chi connectivity index (χ1v) is 4.81. The molecule has 1 rings (SSSR count). The van der Waals surface area contributed by atoms with Crippen LogP contribution in [-0.4, -0.2) is 11.1 Å². The third kappa shape index (κ3) is 4.13. The van der Waals surface area contributed by atoms with Gasteiger partial charge in [0.25, 0.3) is 0 Å². The molecule has 0 aliphatic carbocycles. The zero-order chi connectivity index (χ0) is 11.3. The van der Waals surface area contributed by atoms with Crippen LogP contribution in [0.4, 0.5) is 4.39 Å². The molecule has 15 heavy (non-hydrogen) atoms. The van der Waals surface area contributed by atoms with E-state index in [-0.39, 0.29) is 5.82 Å². The van der Waals surface area contributed by atoms with Gasteiger partial charge in [0.05, 0.1) is 0 Å². The number of allylic oxidation sites excluding steroid dienone is 1. The van der Waals surface area contributed by atoms with Crippen LogP contribution in [0.5, 0.6) is 0 Å². The summed E-state index contributed by atoms with van der Waals surface area (Å²) in [6.45, 7) is 0. The molecule has 0 heterocycles. The number of rotatable bonds is 4. The highest BCUT2D eigenvalue weighted by molar-refractivity contribution is 6.30. The molecule has 80 valence electrons. The SMILES string of the molecule is O=C(O)/C=C/CCc1cc(Cl)ccc1F. The molecule has 1 N–H and O–H groups in total. The van der Waals surface area contributed by atoms with Crippen molar-refractivity contribution < 1.29 is 14.3 Å². The van der Waals surface area contributed by atoms with Gasteiger partial charge in [0, 0.05) is 11.1 Å². The fourth-order valence-corrected chi connectivity index (χ4v) is 1.35. The van der Waals surface area contributed by atoms with Gasteiger partial charge in [-0.15, -0.1) is 0 Å². The molecule has 2 nitrogen and oxygen atoms in total. The van der Waals surface area contributed by atoms with Crippen molar-refractivity contribution in [1.29, 1.82) is 0 Å². The molecular formula is C11H10ClFO2. The Labute approximate surface area is 92.0 Å². The van der Waals surface area contributed by atoms with Crippen molar-refractivity contribution in [2.75, 3.05) is 0 Å². The molecular weight excluding hydrogens is 219 g/mol. The number of benzene rings is 1. The second-order valence-corrected chi connectivity index (χ2v) is 3.45. The molecule has 4 heteroatoms. The van der Waals surface area contributed by atoms with Gasteiger partial charge in [-0.25, -0.2) is 9.18 Å². The number of carboxylic acid groups (broad SMARTS) is 1. The van der Waals surface area contributed by atoms with E-state index in [1.165, 1.54) is 18.2 Å². The van der Waals surface area contributed by atoms with Gasteiger partial charge in [0.15, 0.2) is 0 Å². The van der Waals surface area contributed by atoms with Crippen molar-refractivity contribution in [1.82, 2.24) is 0 Å². The summed E-state index contributed by atoms with van der Waals surface area (Å²) in [4.78, 5) is 10.1. The van der Waals surface area contributed by atoms with Gasteiger partial charge in [-0.1, -0.05) is 17.7 Å². The molecule has 0 spiro atoms. The molecule has 0 amide bonds. The quantitative estimate of drug-likeness (QED) is 0.805. The lowest BCUT2D eigenvalue weighted by Gasteiger charge is -2.00. The van der Waals surface area contributed by atoms with Crippen LogP contribution < -0.4 is 0 Å². The van der Waals surface area contributed by atoms with E-state index in [9.17, 15) is 9.18 Å². The number of aliphatic carboxylic acids is 1. The Hall–Kier alpha value is -1.35. The summed E-state index contributed by atoms with van der Waals surface area (Å²) < 4.78 is 13.2. The molecule has 0 unspecified atom stereocenters. The number of hydrogen-bond donors (Lipinski definition) is 1. The van der Waals surface area contributed by atoms with E-state index in [1.807, 2.05) is 0 Å². The zero-order valence-corrected chi connectivity index (χ0v) is 8.67. The number of carboxylic acids is 1. The van der Waals surface area contributed by atoms with Crippen molar-refractivity contribution in [3.63, 3.8) is 0 Å². The van der Waals surface area contributed by atoms with Gasteiger partial charge in [0.1, 0.15) is 5.82 Å². The lowest BCUT2D eigenvalue weighted by atomic mass is 10.1. The Morgan fingerprint density at radius 1 is 1.53 bits per heavy atom. The summed E-state index contributed by atoms with van der Waals surface area (Å²) in [6, 6.07) is 4.33. The first-order chi connectivity index (χ1) is 7.09. The predicted octanol–water partition coefficient (Wildman–Crippen LogP) is 3.05. The monoisotopic (exact) mass is 228 g/mol. The molecule has 1 aromatic carbocycles. The molecule has 0 fully saturated rings. The summed E-state index contributed by atoms with van der Waals surface area (Å²) in [6.07, 6.45) is 3.45. The lowest BCUT2D eigenvalue weighted by Crippen LogP contribution is -1.90. The Morgan fingerprint density at radius 3 is 2.93 bits per heavy atom. The predicted molar refractivity (Wildman–Crippen MR) is 56.5 cm³/mol. The summed E-state index contributed by atoms with van der Waals surface area (Å²) >= 11 is 5.70. The molecule has 0 aromatic heterocycles. The van der Waals surface area contributed by atoms with Crippen LogP contribution in [0.2, 0.25) is 5.02 Å².